The molecular weight excluding hydrogens is 533 g/mol. The van der Waals surface area contributed by atoms with E-state index in [-0.39, 0.29) is 35.9 Å². The van der Waals surface area contributed by atoms with Crippen LogP contribution in [0.15, 0.2) is 107 Å². The number of allylic oxidation sites excluding steroid dienone is 1. The first kappa shape index (κ1) is 27.3. The number of halogens is 1. The van der Waals surface area contributed by atoms with Crippen molar-refractivity contribution in [2.45, 2.75) is 39.3 Å². The minimum Gasteiger partial charge on any atom is -0.467 e. The van der Waals surface area contributed by atoms with Crippen LogP contribution in [0.1, 0.15) is 44.1 Å². The zero-order valence-corrected chi connectivity index (χ0v) is 23.5. The Hall–Kier alpha value is -4.85. The molecule has 0 radical (unpaired) electrons. The average Bonchev–Trinajstić information content (AvgIpc) is 3.44. The van der Waals surface area contributed by atoms with E-state index in [0.717, 1.165) is 17.1 Å². The fourth-order valence-corrected chi connectivity index (χ4v) is 5.77. The van der Waals surface area contributed by atoms with E-state index in [1.165, 1.54) is 6.07 Å². The number of Topliss-reactive ketones (excluding diaryl/α,β-unsaturated/α-hetero) is 1. The highest BCUT2D eigenvalue weighted by Crippen LogP contribution is 2.48. The molecule has 7 nitrogen and oxygen atoms in total. The van der Waals surface area contributed by atoms with E-state index in [4.69, 9.17) is 9.15 Å². The zero-order chi connectivity index (χ0) is 29.3. The first-order valence-electron chi connectivity index (χ1n) is 14.0. The summed E-state index contributed by atoms with van der Waals surface area (Å²) in [4.78, 5) is 29.3. The summed E-state index contributed by atoms with van der Waals surface area (Å²) in [5.41, 5.74) is 3.32. The predicted octanol–water partition coefficient (Wildman–Crippen LogP) is 7.14. The molecule has 1 atom stereocenters. The Kier molecular flexibility index (Phi) is 7.29. The number of furan rings is 1. The van der Waals surface area contributed by atoms with E-state index in [0.29, 0.717) is 35.5 Å². The molecule has 42 heavy (non-hydrogen) atoms. The predicted molar refractivity (Wildman–Crippen MR) is 159 cm³/mol. The number of hydrogen-bond donors (Lipinski definition) is 2. The maximum Gasteiger partial charge on any atom is 0.239 e. The highest BCUT2D eigenvalue weighted by Gasteiger charge is 2.42. The molecule has 0 saturated carbocycles. The first-order chi connectivity index (χ1) is 20.3. The highest BCUT2D eigenvalue weighted by molar-refractivity contribution is 6.02. The lowest BCUT2D eigenvalue weighted by atomic mass is 9.73. The van der Waals surface area contributed by atoms with Gasteiger partial charge in [-0.2, -0.15) is 0 Å². The van der Waals surface area contributed by atoms with Gasteiger partial charge in [-0.15, -0.1) is 0 Å². The smallest absolute Gasteiger partial charge is 0.239 e. The monoisotopic (exact) mass is 565 g/mol. The van der Waals surface area contributed by atoms with Crippen LogP contribution < -0.4 is 20.3 Å². The number of anilines is 2. The van der Waals surface area contributed by atoms with Gasteiger partial charge in [-0.1, -0.05) is 50.2 Å². The van der Waals surface area contributed by atoms with Crippen LogP contribution in [0.25, 0.3) is 0 Å². The molecule has 214 valence electrons. The molecule has 2 heterocycles. The summed E-state index contributed by atoms with van der Waals surface area (Å²) in [7, 11) is 0. The van der Waals surface area contributed by atoms with E-state index < -0.39 is 11.9 Å². The van der Waals surface area contributed by atoms with Gasteiger partial charge in [0.15, 0.2) is 17.3 Å². The number of para-hydroxylation sites is 3. The van der Waals surface area contributed by atoms with E-state index in [1.807, 2.05) is 47.4 Å². The van der Waals surface area contributed by atoms with Gasteiger partial charge >= 0.3 is 0 Å². The van der Waals surface area contributed by atoms with Gasteiger partial charge in [0.2, 0.25) is 5.91 Å². The van der Waals surface area contributed by atoms with Crippen molar-refractivity contribution in [1.29, 1.82) is 0 Å². The van der Waals surface area contributed by atoms with Crippen LogP contribution in [0.2, 0.25) is 0 Å². The summed E-state index contributed by atoms with van der Waals surface area (Å²) in [6.45, 7) is 4.33. The Balaban J connectivity index is 1.46. The van der Waals surface area contributed by atoms with Gasteiger partial charge in [-0.25, -0.2) is 4.39 Å². The van der Waals surface area contributed by atoms with Crippen molar-refractivity contribution in [3.63, 3.8) is 0 Å². The van der Waals surface area contributed by atoms with Crippen LogP contribution in [0.4, 0.5) is 15.8 Å². The SMILES string of the molecule is CC1(C)CC(=O)C2=C(C1)Nc1ccccc1N(CC(=O)NCc1ccco1)C2c1ccc(F)c(Oc2ccccc2)c1. The van der Waals surface area contributed by atoms with Crippen LogP contribution in [0, 0.1) is 11.2 Å². The topological polar surface area (TPSA) is 83.8 Å². The molecule has 1 unspecified atom stereocenters. The molecule has 0 spiro atoms. The van der Waals surface area contributed by atoms with Crippen LogP contribution in [-0.2, 0) is 16.1 Å². The molecule has 6 rings (SSSR count). The molecule has 8 heteroatoms. The van der Waals surface area contributed by atoms with Gasteiger partial charge in [-0.05, 0) is 65.9 Å². The lowest BCUT2D eigenvalue weighted by molar-refractivity contribution is -0.121. The third kappa shape index (κ3) is 5.65. The second-order valence-corrected chi connectivity index (χ2v) is 11.5. The minimum absolute atomic E-state index is 0.0117. The molecule has 4 aromatic rings. The number of ketones is 1. The average molecular weight is 566 g/mol. The summed E-state index contributed by atoms with van der Waals surface area (Å²) >= 11 is 0. The summed E-state index contributed by atoms with van der Waals surface area (Å²) < 4.78 is 26.4. The molecule has 3 aromatic carbocycles. The van der Waals surface area contributed by atoms with Gasteiger partial charge < -0.3 is 24.7 Å². The first-order valence-corrected chi connectivity index (χ1v) is 14.0. The van der Waals surface area contributed by atoms with Gasteiger partial charge in [-0.3, -0.25) is 9.59 Å². The van der Waals surface area contributed by atoms with Crippen molar-refractivity contribution in [2.24, 2.45) is 5.41 Å². The van der Waals surface area contributed by atoms with Crippen molar-refractivity contribution >= 4 is 23.1 Å². The lowest BCUT2D eigenvalue weighted by Gasteiger charge is -2.38. The molecule has 0 fully saturated rings. The van der Waals surface area contributed by atoms with Gasteiger partial charge in [0, 0.05) is 17.7 Å². The van der Waals surface area contributed by atoms with Crippen molar-refractivity contribution in [3.8, 4) is 11.5 Å². The maximum atomic E-state index is 15.1. The van der Waals surface area contributed by atoms with E-state index in [9.17, 15) is 9.59 Å². The van der Waals surface area contributed by atoms with E-state index in [1.54, 1.807) is 42.7 Å². The highest BCUT2D eigenvalue weighted by atomic mass is 19.1. The Morgan fingerprint density at radius 1 is 1.05 bits per heavy atom. The molecule has 2 N–H and O–H groups in total. The van der Waals surface area contributed by atoms with Crippen LogP contribution in [0.3, 0.4) is 0 Å². The number of nitrogens with zero attached hydrogens (tertiary/aromatic N) is 1. The normalized spacial score (nSPS) is 17.5. The molecule has 0 saturated heterocycles. The second-order valence-electron chi connectivity index (χ2n) is 11.5. The maximum absolute atomic E-state index is 15.1. The number of hydrogen-bond acceptors (Lipinski definition) is 6. The number of rotatable bonds is 7. The second kappa shape index (κ2) is 11.2. The van der Waals surface area contributed by atoms with Crippen molar-refractivity contribution in [2.75, 3.05) is 16.8 Å². The summed E-state index contributed by atoms with van der Waals surface area (Å²) in [5.74, 6) is 0.379. The molecule has 1 aliphatic carbocycles. The van der Waals surface area contributed by atoms with Crippen LogP contribution in [0.5, 0.6) is 11.5 Å². The largest absolute Gasteiger partial charge is 0.467 e. The van der Waals surface area contributed by atoms with Gasteiger partial charge in [0.25, 0.3) is 0 Å². The van der Waals surface area contributed by atoms with Crippen LogP contribution >= 0.6 is 0 Å². The van der Waals surface area contributed by atoms with Crippen molar-refractivity contribution < 1.29 is 23.1 Å². The van der Waals surface area contributed by atoms with E-state index >= 15 is 4.39 Å². The number of nitrogens with one attached hydrogen (secondary N) is 2. The minimum atomic E-state index is -0.673. The zero-order valence-electron chi connectivity index (χ0n) is 23.5. The fraction of sp³-hybridized carbons (Fsp3) is 0.235. The third-order valence-electron chi connectivity index (χ3n) is 7.60. The molecule has 0 bridgehead atoms. The quantitative estimate of drug-likeness (QED) is 0.248. The van der Waals surface area contributed by atoms with Crippen LogP contribution in [-0.4, -0.2) is 18.2 Å². The Labute approximate surface area is 244 Å². The van der Waals surface area contributed by atoms with Gasteiger partial charge in [0.1, 0.15) is 11.5 Å². The van der Waals surface area contributed by atoms with E-state index in [2.05, 4.69) is 24.5 Å². The van der Waals surface area contributed by atoms with Crippen molar-refractivity contribution in [1.82, 2.24) is 5.32 Å². The Bertz CT molecular complexity index is 1650. The number of ether oxygens (including phenoxy) is 1. The number of carbonyl (C=O) groups excluding carboxylic acids is 2. The lowest BCUT2D eigenvalue weighted by Crippen LogP contribution is -2.41. The fourth-order valence-electron chi connectivity index (χ4n) is 5.77. The molecule has 1 aromatic heterocycles. The standard InChI is InChI=1S/C34H32FN3O4/c1-34(2)18-27-32(29(39)19-34)33(22-14-15-25(35)30(17-22)42-23-9-4-3-5-10-23)38(28-13-7-6-12-26(28)37-27)21-31(40)36-20-24-11-8-16-41-24/h3-17,33,37H,18-21H2,1-2H3,(H,36,40). The number of benzene rings is 3. The molecular formula is C34H32FN3O4. The number of amides is 1. The Morgan fingerprint density at radius 3 is 2.62 bits per heavy atom. The molecule has 2 aliphatic rings. The number of carbonyl (C=O) groups is 2. The summed E-state index contributed by atoms with van der Waals surface area (Å²) in [5, 5.41) is 6.46. The summed E-state index contributed by atoms with van der Waals surface area (Å²) in [6.07, 6.45) is 2.56. The third-order valence-corrected chi connectivity index (χ3v) is 7.60. The Morgan fingerprint density at radius 2 is 1.83 bits per heavy atom. The number of fused-ring (bicyclic) bond motifs is 1. The van der Waals surface area contributed by atoms with Gasteiger partial charge in [0.05, 0.1) is 36.8 Å². The summed E-state index contributed by atoms with van der Waals surface area (Å²) in [6, 6.07) is 24.2. The van der Waals surface area contributed by atoms with Crippen molar-refractivity contribution in [3.05, 3.63) is 120 Å². The molecule has 1 aliphatic heterocycles. The molecule has 1 amide bonds.